The fourth-order valence-electron chi connectivity index (χ4n) is 0.110. The van der Waals surface area contributed by atoms with Crippen LogP contribution in [0, 0.1) is 24.7 Å². The van der Waals surface area contributed by atoms with E-state index in [9.17, 15) is 9.59 Å². The molecule has 0 aromatic heterocycles. The second kappa shape index (κ2) is 9.06. The first-order valence-corrected chi connectivity index (χ1v) is 2.67. The Bertz CT molecular complexity index is 266. The minimum Gasteiger partial charge on any atom is -0.459 e. The Kier molecular flexibility index (Phi) is 7.60. The van der Waals surface area contributed by atoms with E-state index in [2.05, 4.69) is 15.9 Å². The third-order valence-corrected chi connectivity index (χ3v) is 0.591. The molecule has 0 aromatic rings. The predicted octanol–water partition coefficient (Wildman–Crippen LogP) is -0.415. The average molecular weight is 169 g/mol. The number of carbonyl (C=O) groups excluding carboxylic acids is 2. The molecule has 0 N–H and O–H groups in total. The zero-order chi connectivity index (χ0) is 10.7. The maximum Gasteiger partial charge on any atom is 0.383 e. The van der Waals surface area contributed by atoms with Gasteiger partial charge >= 0.3 is 11.9 Å². The van der Waals surface area contributed by atoms with Crippen molar-refractivity contribution in [2.75, 3.05) is 14.2 Å². The van der Waals surface area contributed by atoms with Gasteiger partial charge in [-0.3, -0.25) is 0 Å². The van der Waals surface area contributed by atoms with E-state index < -0.39 is 11.9 Å². The van der Waals surface area contributed by atoms with Crippen LogP contribution in [0.2, 0.25) is 0 Å². The Balaban J connectivity index is 0. The molecule has 4 heteroatoms. The van der Waals surface area contributed by atoms with Gasteiger partial charge in [0.2, 0.25) is 0 Å². The minimum absolute atomic E-state index is 0.630. The molecular weight excluding hydrogens is 160 g/mol. The van der Waals surface area contributed by atoms with Crippen LogP contribution in [0.3, 0.4) is 0 Å². The Hall–Kier alpha value is -1.94. The van der Waals surface area contributed by atoms with Crippen LogP contribution < -0.4 is 0 Å². The first kappa shape index (κ1) is 10.1. The Morgan fingerprint density at radius 2 is 1.67 bits per heavy atom. The van der Waals surface area contributed by atoms with Gasteiger partial charge in [-0.25, -0.2) is 9.59 Å². The number of hydrogen-bond acceptors (Lipinski definition) is 4. The summed E-state index contributed by atoms with van der Waals surface area (Å²) < 4.78 is 14.3. The van der Waals surface area contributed by atoms with Crippen molar-refractivity contribution in [1.29, 1.82) is 0 Å². The molecule has 4 nitrogen and oxygen atoms in total. The van der Waals surface area contributed by atoms with E-state index in [1.165, 1.54) is 14.2 Å². The Morgan fingerprint density at radius 1 is 1.25 bits per heavy atom. The fraction of sp³-hybridized carbons (Fsp3) is 0.250. The molecule has 0 saturated heterocycles. The molecule has 0 unspecified atom stereocenters. The van der Waals surface area contributed by atoms with Gasteiger partial charge in [0.05, 0.1) is 14.2 Å². The number of carbonyl (C=O) groups is 2. The summed E-state index contributed by atoms with van der Waals surface area (Å²) >= 11 is 0. The number of methoxy groups -OCH3 is 2. The average Bonchev–Trinajstić information content (AvgIpc) is 2.18. The highest BCUT2D eigenvalue weighted by Crippen LogP contribution is 1.62. The van der Waals surface area contributed by atoms with Gasteiger partial charge < -0.3 is 9.47 Å². The summed E-state index contributed by atoms with van der Waals surface area (Å²) in [5, 5.41) is 0. The van der Waals surface area contributed by atoms with Crippen LogP contribution in [-0.4, -0.2) is 26.2 Å². The summed E-state index contributed by atoms with van der Waals surface area (Å²) in [6.07, 6.45) is 6.20. The van der Waals surface area contributed by atoms with E-state index in [0.717, 1.165) is 0 Å². The minimum atomic E-state index is -0.671. The lowest BCUT2D eigenvalue weighted by Gasteiger charge is -1.80. The molecule has 0 radical (unpaired) electrons. The summed E-state index contributed by atoms with van der Waals surface area (Å²) in [6, 6.07) is 0. The van der Waals surface area contributed by atoms with Crippen LogP contribution in [0.5, 0.6) is 0 Å². The van der Waals surface area contributed by atoms with Crippen LogP contribution in [0.15, 0.2) is 0 Å². The highest BCUT2D eigenvalue weighted by molar-refractivity contribution is 5.87. The van der Waals surface area contributed by atoms with Gasteiger partial charge in [0.25, 0.3) is 0 Å². The molecule has 0 saturated carbocycles. The smallest absolute Gasteiger partial charge is 0.383 e. The zero-order valence-corrected chi connectivity index (χ0v) is 6.71. The van der Waals surface area contributed by atoms with Crippen LogP contribution in [-0.2, 0) is 19.1 Å². The molecule has 0 fully saturated rings. The van der Waals surface area contributed by atoms with E-state index in [-0.39, 0.29) is 0 Å². The molecule has 12 heavy (non-hydrogen) atoms. The van der Waals surface area contributed by atoms with E-state index in [1.54, 1.807) is 12.3 Å². The number of esters is 2. The van der Waals surface area contributed by atoms with Crippen LogP contribution in [0.4, 0.5) is 0 Å². The van der Waals surface area contributed by atoms with Gasteiger partial charge in [-0.05, 0) is 0 Å². The maximum atomic E-state index is 9.90. The SMILES string of the molecule is C#CC(=O)OC.[2H]C#CC(=O)OC. The number of terminal acetylenes is 2. The monoisotopic (exact) mass is 169 g/mol. The molecule has 0 amide bonds. The van der Waals surface area contributed by atoms with Gasteiger partial charge in [-0.2, -0.15) is 0 Å². The Morgan fingerprint density at radius 3 is 1.75 bits per heavy atom. The lowest BCUT2D eigenvalue weighted by molar-refractivity contribution is -0.134. The van der Waals surface area contributed by atoms with Crippen molar-refractivity contribution < 1.29 is 20.4 Å². The topological polar surface area (TPSA) is 52.6 Å². The molecule has 0 heterocycles. The van der Waals surface area contributed by atoms with E-state index in [0.29, 0.717) is 0 Å². The molecule has 0 aliphatic rings. The molecule has 0 atom stereocenters. The maximum absolute atomic E-state index is 9.90. The molecule has 0 spiro atoms. The van der Waals surface area contributed by atoms with E-state index in [1.807, 2.05) is 5.92 Å². The summed E-state index contributed by atoms with van der Waals surface area (Å²) in [5.41, 5.74) is 0. The normalized spacial score (nSPS) is 6.58. The lowest BCUT2D eigenvalue weighted by Crippen LogP contribution is -1.92. The standard InChI is InChI=1S/2C4H4O2/c2*1-3-4(5)6-2/h2*1H,2H3/i1D;. The molecule has 0 aliphatic carbocycles. The first-order chi connectivity index (χ1) is 6.12. The molecule has 0 bridgehead atoms. The summed E-state index contributed by atoms with van der Waals surface area (Å²) in [7, 11) is 2.45. The fourth-order valence-corrected chi connectivity index (χ4v) is 0.110. The van der Waals surface area contributed by atoms with Crippen molar-refractivity contribution in [2.24, 2.45) is 0 Å². The summed E-state index contributed by atoms with van der Waals surface area (Å²) in [6.45, 7) is 0. The number of ether oxygens (including phenoxy) is 2. The molecule has 64 valence electrons. The van der Waals surface area contributed by atoms with Crippen LogP contribution in [0.1, 0.15) is 1.37 Å². The second-order valence-electron chi connectivity index (χ2n) is 1.25. The summed E-state index contributed by atoms with van der Waals surface area (Å²) in [4.78, 5) is 19.6. The van der Waals surface area contributed by atoms with Crippen LogP contribution >= 0.6 is 0 Å². The lowest BCUT2D eigenvalue weighted by atomic mass is 10.7. The van der Waals surface area contributed by atoms with Crippen molar-refractivity contribution >= 4 is 11.9 Å². The van der Waals surface area contributed by atoms with Crippen molar-refractivity contribution in [3.8, 4) is 24.7 Å². The van der Waals surface area contributed by atoms with Gasteiger partial charge in [-0.1, -0.05) is 0 Å². The van der Waals surface area contributed by atoms with E-state index in [4.69, 9.17) is 1.37 Å². The summed E-state index contributed by atoms with van der Waals surface area (Å²) in [5.74, 6) is 2.30. The number of rotatable bonds is 0. The van der Waals surface area contributed by atoms with Crippen molar-refractivity contribution in [3.05, 3.63) is 0 Å². The molecular formula is C8H8O4. The zero-order valence-electron chi connectivity index (χ0n) is 7.71. The highest BCUT2D eigenvalue weighted by atomic mass is 16.5. The van der Waals surface area contributed by atoms with Crippen molar-refractivity contribution in [2.45, 2.75) is 0 Å². The Labute approximate surface area is 72.3 Å². The molecule has 0 rings (SSSR count). The molecule has 0 aromatic carbocycles. The van der Waals surface area contributed by atoms with Gasteiger partial charge in [0, 0.05) is 11.8 Å². The predicted molar refractivity (Wildman–Crippen MR) is 41.7 cm³/mol. The third kappa shape index (κ3) is 10.9. The second-order valence-corrected chi connectivity index (χ2v) is 1.25. The van der Waals surface area contributed by atoms with Gasteiger partial charge in [0.15, 0.2) is 0 Å². The van der Waals surface area contributed by atoms with E-state index >= 15 is 0 Å². The van der Waals surface area contributed by atoms with Crippen molar-refractivity contribution in [3.63, 3.8) is 0 Å². The highest BCUT2D eigenvalue weighted by Gasteiger charge is 1.83. The van der Waals surface area contributed by atoms with Gasteiger partial charge in [-0.15, -0.1) is 12.8 Å². The quantitative estimate of drug-likeness (QED) is 0.281. The van der Waals surface area contributed by atoms with Gasteiger partial charge in [0.1, 0.15) is 1.37 Å². The number of hydrogen-bond donors (Lipinski definition) is 0. The van der Waals surface area contributed by atoms with Crippen molar-refractivity contribution in [1.82, 2.24) is 0 Å². The largest absolute Gasteiger partial charge is 0.459 e. The van der Waals surface area contributed by atoms with Crippen LogP contribution in [0.25, 0.3) is 0 Å². The molecule has 0 aliphatic heterocycles. The first-order valence-electron chi connectivity index (χ1n) is 3.17. The third-order valence-electron chi connectivity index (χ3n) is 0.591.